The normalized spacial score (nSPS) is 15.3. The van der Waals surface area contributed by atoms with E-state index in [1.165, 1.54) is 0 Å². The first-order valence-corrected chi connectivity index (χ1v) is 6.67. The first kappa shape index (κ1) is 13.1. The van der Waals surface area contributed by atoms with Crippen LogP contribution in [-0.4, -0.2) is 52.1 Å². The lowest BCUT2D eigenvalue weighted by atomic mass is 10.3. The molecule has 0 atom stereocenters. The van der Waals surface area contributed by atoms with Crippen molar-refractivity contribution in [3.05, 3.63) is 41.2 Å². The molecule has 20 heavy (non-hydrogen) atoms. The van der Waals surface area contributed by atoms with Crippen molar-refractivity contribution in [2.24, 2.45) is 0 Å². The van der Waals surface area contributed by atoms with E-state index in [9.17, 15) is 4.79 Å². The summed E-state index contributed by atoms with van der Waals surface area (Å²) < 4.78 is 6.78. The number of morpholine rings is 1. The molecule has 0 N–H and O–H groups in total. The van der Waals surface area contributed by atoms with Crippen LogP contribution in [0.5, 0.6) is 0 Å². The molecule has 104 valence electrons. The van der Waals surface area contributed by atoms with Crippen molar-refractivity contribution in [2.75, 3.05) is 26.3 Å². The molecule has 1 fully saturated rings. The van der Waals surface area contributed by atoms with E-state index in [4.69, 9.17) is 16.3 Å². The first-order chi connectivity index (χ1) is 9.74. The zero-order valence-electron chi connectivity index (χ0n) is 10.7. The largest absolute Gasteiger partial charge is 0.378 e. The summed E-state index contributed by atoms with van der Waals surface area (Å²) in [6.07, 6.45) is 1.63. The van der Waals surface area contributed by atoms with Gasteiger partial charge in [0.15, 0.2) is 5.69 Å². The number of rotatable bonds is 2. The molecule has 0 spiro atoms. The Kier molecular flexibility index (Phi) is 3.66. The summed E-state index contributed by atoms with van der Waals surface area (Å²) in [6.45, 7) is 2.31. The number of hydrogen-bond acceptors (Lipinski definition) is 4. The predicted molar refractivity (Wildman–Crippen MR) is 73.1 cm³/mol. The molecule has 0 saturated carbocycles. The Morgan fingerprint density at radius 1 is 1.20 bits per heavy atom. The van der Waals surface area contributed by atoms with Gasteiger partial charge in [0.25, 0.3) is 5.91 Å². The molecule has 1 aliphatic heterocycles. The molecule has 0 bridgehead atoms. The van der Waals surface area contributed by atoms with Crippen LogP contribution in [0.15, 0.2) is 30.5 Å². The highest BCUT2D eigenvalue weighted by molar-refractivity contribution is 6.30. The van der Waals surface area contributed by atoms with Crippen molar-refractivity contribution in [3.63, 3.8) is 0 Å². The second kappa shape index (κ2) is 5.60. The van der Waals surface area contributed by atoms with Crippen LogP contribution in [0.4, 0.5) is 0 Å². The summed E-state index contributed by atoms with van der Waals surface area (Å²) >= 11 is 5.84. The number of aromatic nitrogens is 3. The van der Waals surface area contributed by atoms with Gasteiger partial charge in [-0.15, -0.1) is 5.10 Å². The first-order valence-electron chi connectivity index (χ1n) is 6.29. The van der Waals surface area contributed by atoms with Crippen molar-refractivity contribution in [3.8, 4) is 5.69 Å². The van der Waals surface area contributed by atoms with Gasteiger partial charge in [0.1, 0.15) is 0 Å². The number of carbonyl (C=O) groups excluding carboxylic acids is 1. The zero-order valence-corrected chi connectivity index (χ0v) is 11.5. The van der Waals surface area contributed by atoms with Crippen LogP contribution >= 0.6 is 11.6 Å². The maximum Gasteiger partial charge on any atom is 0.276 e. The Morgan fingerprint density at radius 2 is 1.90 bits per heavy atom. The third-order valence-corrected chi connectivity index (χ3v) is 3.35. The van der Waals surface area contributed by atoms with Gasteiger partial charge < -0.3 is 9.64 Å². The topological polar surface area (TPSA) is 60.2 Å². The molecule has 2 aromatic rings. The molecule has 7 heteroatoms. The number of nitrogens with zero attached hydrogens (tertiary/aromatic N) is 4. The minimum atomic E-state index is -0.117. The highest BCUT2D eigenvalue weighted by atomic mass is 35.5. The van der Waals surface area contributed by atoms with Crippen molar-refractivity contribution in [1.29, 1.82) is 0 Å². The maximum absolute atomic E-state index is 12.2. The summed E-state index contributed by atoms with van der Waals surface area (Å²) in [4.78, 5) is 14.0. The van der Waals surface area contributed by atoms with Crippen molar-refractivity contribution in [2.45, 2.75) is 0 Å². The van der Waals surface area contributed by atoms with E-state index in [0.717, 1.165) is 5.69 Å². The summed E-state index contributed by atoms with van der Waals surface area (Å²) in [5.41, 5.74) is 1.14. The minimum Gasteiger partial charge on any atom is -0.378 e. The van der Waals surface area contributed by atoms with Gasteiger partial charge in [-0.05, 0) is 24.3 Å². The lowest BCUT2D eigenvalue weighted by molar-refractivity contribution is 0.0299. The van der Waals surface area contributed by atoms with Crippen molar-refractivity contribution in [1.82, 2.24) is 19.9 Å². The third kappa shape index (κ3) is 2.66. The Bertz CT molecular complexity index is 605. The maximum atomic E-state index is 12.2. The summed E-state index contributed by atoms with van der Waals surface area (Å²) in [5.74, 6) is -0.117. The van der Waals surface area contributed by atoms with Crippen LogP contribution in [0.2, 0.25) is 5.02 Å². The van der Waals surface area contributed by atoms with Gasteiger partial charge in [-0.1, -0.05) is 16.8 Å². The van der Waals surface area contributed by atoms with Gasteiger partial charge in [0.2, 0.25) is 0 Å². The number of amides is 1. The Hall–Kier alpha value is -1.92. The second-order valence-corrected chi connectivity index (χ2v) is 4.87. The minimum absolute atomic E-state index is 0.117. The molecule has 1 aromatic heterocycles. The van der Waals surface area contributed by atoms with E-state index in [0.29, 0.717) is 37.0 Å². The number of ether oxygens (including phenoxy) is 1. The fourth-order valence-corrected chi connectivity index (χ4v) is 2.14. The summed E-state index contributed by atoms with van der Waals surface area (Å²) in [7, 11) is 0. The molecule has 1 aromatic carbocycles. The molecule has 2 heterocycles. The van der Waals surface area contributed by atoms with E-state index < -0.39 is 0 Å². The van der Waals surface area contributed by atoms with Crippen LogP contribution in [0, 0.1) is 0 Å². The number of hydrogen-bond donors (Lipinski definition) is 0. The lowest BCUT2D eigenvalue weighted by Gasteiger charge is -2.25. The molecular formula is C13H13ClN4O2. The Labute approximate surface area is 120 Å². The van der Waals surface area contributed by atoms with E-state index in [1.807, 2.05) is 12.1 Å². The van der Waals surface area contributed by atoms with E-state index >= 15 is 0 Å². The van der Waals surface area contributed by atoms with E-state index in [2.05, 4.69) is 10.3 Å². The van der Waals surface area contributed by atoms with Gasteiger partial charge in [-0.25, -0.2) is 4.68 Å². The van der Waals surface area contributed by atoms with E-state index in [-0.39, 0.29) is 5.91 Å². The average molecular weight is 293 g/mol. The van der Waals surface area contributed by atoms with Gasteiger partial charge >= 0.3 is 0 Å². The van der Waals surface area contributed by atoms with Crippen LogP contribution in [0.1, 0.15) is 10.5 Å². The van der Waals surface area contributed by atoms with Crippen LogP contribution in [0.3, 0.4) is 0 Å². The molecule has 1 amide bonds. The summed E-state index contributed by atoms with van der Waals surface area (Å²) in [5, 5.41) is 8.57. The zero-order chi connectivity index (χ0) is 13.9. The molecule has 1 aliphatic rings. The molecular weight excluding hydrogens is 280 g/mol. The SMILES string of the molecule is O=C(c1cn(-c2ccc(Cl)cc2)nn1)N1CCOCC1. The van der Waals surface area contributed by atoms with Gasteiger partial charge in [-0.2, -0.15) is 0 Å². The molecule has 3 rings (SSSR count). The number of benzene rings is 1. The average Bonchev–Trinajstić information content (AvgIpc) is 2.98. The van der Waals surface area contributed by atoms with Crippen molar-refractivity contribution < 1.29 is 9.53 Å². The molecule has 0 radical (unpaired) electrons. The third-order valence-electron chi connectivity index (χ3n) is 3.10. The monoisotopic (exact) mass is 292 g/mol. The van der Waals surface area contributed by atoms with Crippen LogP contribution in [0.25, 0.3) is 5.69 Å². The Balaban J connectivity index is 1.79. The second-order valence-electron chi connectivity index (χ2n) is 4.43. The highest BCUT2D eigenvalue weighted by Crippen LogP contribution is 2.13. The van der Waals surface area contributed by atoms with E-state index in [1.54, 1.807) is 27.9 Å². The fourth-order valence-electron chi connectivity index (χ4n) is 2.01. The molecule has 0 aliphatic carbocycles. The van der Waals surface area contributed by atoms with Crippen molar-refractivity contribution >= 4 is 17.5 Å². The lowest BCUT2D eigenvalue weighted by Crippen LogP contribution is -2.40. The Morgan fingerprint density at radius 3 is 2.60 bits per heavy atom. The van der Waals surface area contributed by atoms with Crippen LogP contribution < -0.4 is 0 Å². The van der Waals surface area contributed by atoms with Gasteiger partial charge in [0, 0.05) is 18.1 Å². The number of halogens is 1. The molecule has 1 saturated heterocycles. The van der Waals surface area contributed by atoms with Crippen LogP contribution in [-0.2, 0) is 4.74 Å². The quantitative estimate of drug-likeness (QED) is 0.839. The number of carbonyl (C=O) groups is 1. The predicted octanol–water partition coefficient (Wildman–Crippen LogP) is 1.39. The van der Waals surface area contributed by atoms with Gasteiger partial charge in [-0.3, -0.25) is 4.79 Å². The molecule has 0 unspecified atom stereocenters. The fraction of sp³-hybridized carbons (Fsp3) is 0.308. The summed E-state index contributed by atoms with van der Waals surface area (Å²) in [6, 6.07) is 7.17. The molecule has 6 nitrogen and oxygen atoms in total. The highest BCUT2D eigenvalue weighted by Gasteiger charge is 2.21. The standard InChI is InChI=1S/C13H13ClN4O2/c14-10-1-3-11(4-2-10)18-9-12(15-16-18)13(19)17-5-7-20-8-6-17/h1-4,9H,5-8H2. The smallest absolute Gasteiger partial charge is 0.276 e. The van der Waals surface area contributed by atoms with Gasteiger partial charge in [0.05, 0.1) is 25.1 Å².